The molecule has 4 heteroatoms. The average Bonchev–Trinajstić information content (AvgIpc) is 2.67. The Morgan fingerprint density at radius 2 is 2.00 bits per heavy atom. The van der Waals surface area contributed by atoms with Gasteiger partial charge in [-0.05, 0) is 11.8 Å². The van der Waals surface area contributed by atoms with Crippen LogP contribution in [0.1, 0.15) is 49.2 Å². The molecular weight excluding hydrogens is 244 g/mol. The first-order valence-corrected chi connectivity index (χ1v) is 7.54. The first kappa shape index (κ1) is 15.6. The maximum Gasteiger partial charge on any atom is 0.0934 e. The van der Waals surface area contributed by atoms with Crippen molar-refractivity contribution in [2.75, 3.05) is 20.3 Å². The molecule has 1 aromatic rings. The number of aromatic nitrogens is 1. The number of nitrogens with zero attached hydrogens (tertiary/aromatic N) is 1. The molecule has 0 spiro atoms. The molecule has 18 heavy (non-hydrogen) atoms. The highest BCUT2D eigenvalue weighted by atomic mass is 32.1. The van der Waals surface area contributed by atoms with Crippen LogP contribution in [0.25, 0.3) is 0 Å². The van der Waals surface area contributed by atoms with Crippen molar-refractivity contribution in [3.63, 3.8) is 0 Å². The zero-order valence-electron chi connectivity index (χ0n) is 12.2. The molecule has 1 N–H and O–H groups in total. The standard InChI is InChI=1S/C14H26N2OS/c1-10(2)8-13-16-14(11(3)4)12(18-13)9-15-6-7-17-5/h10-11,15H,6-9H2,1-5H3. The minimum atomic E-state index is 0.501. The van der Waals surface area contributed by atoms with E-state index in [2.05, 4.69) is 33.0 Å². The normalized spacial score (nSPS) is 11.7. The molecule has 0 radical (unpaired) electrons. The Labute approximate surface area is 115 Å². The first-order chi connectivity index (χ1) is 8.54. The highest BCUT2D eigenvalue weighted by Gasteiger charge is 2.14. The van der Waals surface area contributed by atoms with Crippen LogP contribution in [0, 0.1) is 5.92 Å². The second-order valence-corrected chi connectivity index (χ2v) is 6.51. The molecule has 1 heterocycles. The molecule has 104 valence electrons. The molecule has 3 nitrogen and oxygen atoms in total. The van der Waals surface area contributed by atoms with E-state index in [1.54, 1.807) is 7.11 Å². The van der Waals surface area contributed by atoms with E-state index in [0.29, 0.717) is 11.8 Å². The topological polar surface area (TPSA) is 34.1 Å². The maximum atomic E-state index is 5.04. The Morgan fingerprint density at radius 1 is 1.28 bits per heavy atom. The summed E-state index contributed by atoms with van der Waals surface area (Å²) in [5.74, 6) is 1.17. The van der Waals surface area contributed by atoms with Crippen molar-refractivity contribution in [2.24, 2.45) is 5.92 Å². The zero-order valence-corrected chi connectivity index (χ0v) is 13.1. The monoisotopic (exact) mass is 270 g/mol. The van der Waals surface area contributed by atoms with Gasteiger partial charge in [-0.3, -0.25) is 0 Å². The van der Waals surface area contributed by atoms with E-state index < -0.39 is 0 Å². The summed E-state index contributed by atoms with van der Waals surface area (Å²) >= 11 is 1.86. The van der Waals surface area contributed by atoms with Gasteiger partial charge in [0.25, 0.3) is 0 Å². The quantitative estimate of drug-likeness (QED) is 0.737. The zero-order chi connectivity index (χ0) is 13.5. The molecule has 0 atom stereocenters. The lowest BCUT2D eigenvalue weighted by Crippen LogP contribution is -2.18. The molecule has 0 aliphatic rings. The Morgan fingerprint density at radius 3 is 2.56 bits per heavy atom. The van der Waals surface area contributed by atoms with Crippen LogP contribution in [0.15, 0.2) is 0 Å². The second kappa shape index (κ2) is 7.87. The molecule has 0 saturated carbocycles. The fourth-order valence-electron chi connectivity index (χ4n) is 1.80. The van der Waals surface area contributed by atoms with Gasteiger partial charge in [0.1, 0.15) is 0 Å². The summed E-state index contributed by atoms with van der Waals surface area (Å²) in [6.45, 7) is 11.5. The van der Waals surface area contributed by atoms with Crippen molar-refractivity contribution in [3.05, 3.63) is 15.6 Å². The van der Waals surface area contributed by atoms with Crippen LogP contribution in [0.3, 0.4) is 0 Å². The molecule has 0 bridgehead atoms. The van der Waals surface area contributed by atoms with Crippen LogP contribution in [-0.4, -0.2) is 25.2 Å². The fourth-order valence-corrected chi connectivity index (χ4v) is 3.21. The van der Waals surface area contributed by atoms with E-state index in [-0.39, 0.29) is 0 Å². The molecular formula is C14H26N2OS. The Hall–Kier alpha value is -0.450. The third-order valence-corrected chi connectivity index (χ3v) is 3.76. The van der Waals surface area contributed by atoms with Crippen molar-refractivity contribution >= 4 is 11.3 Å². The molecule has 0 amide bonds. The molecule has 0 unspecified atom stereocenters. The molecule has 1 rings (SSSR count). The van der Waals surface area contributed by atoms with E-state index in [1.807, 2.05) is 11.3 Å². The van der Waals surface area contributed by atoms with Gasteiger partial charge in [-0.2, -0.15) is 0 Å². The lowest BCUT2D eigenvalue weighted by atomic mass is 10.1. The van der Waals surface area contributed by atoms with Crippen molar-refractivity contribution < 1.29 is 4.74 Å². The first-order valence-electron chi connectivity index (χ1n) is 6.72. The summed E-state index contributed by atoms with van der Waals surface area (Å²) in [6, 6.07) is 0. The minimum Gasteiger partial charge on any atom is -0.383 e. The predicted molar refractivity (Wildman–Crippen MR) is 78.3 cm³/mol. The van der Waals surface area contributed by atoms with Gasteiger partial charge < -0.3 is 10.1 Å². The second-order valence-electron chi connectivity index (χ2n) is 5.34. The van der Waals surface area contributed by atoms with Gasteiger partial charge in [-0.1, -0.05) is 27.7 Å². The van der Waals surface area contributed by atoms with E-state index >= 15 is 0 Å². The highest BCUT2D eigenvalue weighted by Crippen LogP contribution is 2.26. The highest BCUT2D eigenvalue weighted by molar-refractivity contribution is 7.11. The van der Waals surface area contributed by atoms with Crippen LogP contribution in [-0.2, 0) is 17.7 Å². The van der Waals surface area contributed by atoms with Gasteiger partial charge in [-0.15, -0.1) is 11.3 Å². The third-order valence-electron chi connectivity index (χ3n) is 2.67. The van der Waals surface area contributed by atoms with Crippen LogP contribution in [0.5, 0.6) is 0 Å². The summed E-state index contributed by atoms with van der Waals surface area (Å²) in [5, 5.41) is 4.69. The number of methoxy groups -OCH3 is 1. The van der Waals surface area contributed by atoms with Crippen LogP contribution < -0.4 is 5.32 Å². The van der Waals surface area contributed by atoms with Gasteiger partial charge in [0.05, 0.1) is 17.3 Å². The molecule has 0 fully saturated rings. The number of thiazole rings is 1. The minimum absolute atomic E-state index is 0.501. The summed E-state index contributed by atoms with van der Waals surface area (Å²) in [5.41, 5.74) is 1.26. The fraction of sp³-hybridized carbons (Fsp3) is 0.786. The maximum absolute atomic E-state index is 5.04. The average molecular weight is 270 g/mol. The number of hydrogen-bond donors (Lipinski definition) is 1. The summed E-state index contributed by atoms with van der Waals surface area (Å²) in [4.78, 5) is 6.18. The lowest BCUT2D eigenvalue weighted by Gasteiger charge is -2.06. The van der Waals surface area contributed by atoms with Crippen LogP contribution >= 0.6 is 11.3 Å². The van der Waals surface area contributed by atoms with Crippen molar-refractivity contribution in [1.82, 2.24) is 10.3 Å². The Bertz CT molecular complexity index is 348. The number of nitrogens with one attached hydrogen (secondary N) is 1. The van der Waals surface area contributed by atoms with Crippen molar-refractivity contribution in [2.45, 2.75) is 46.6 Å². The van der Waals surface area contributed by atoms with Gasteiger partial charge in [0, 0.05) is 31.5 Å². The SMILES string of the molecule is COCCNCc1sc(CC(C)C)nc1C(C)C. The van der Waals surface area contributed by atoms with Crippen LogP contribution in [0.2, 0.25) is 0 Å². The molecule has 1 aromatic heterocycles. The summed E-state index contributed by atoms with van der Waals surface area (Å²) in [7, 11) is 1.73. The Balaban J connectivity index is 2.65. The van der Waals surface area contributed by atoms with Gasteiger partial charge in [0.2, 0.25) is 0 Å². The van der Waals surface area contributed by atoms with Gasteiger partial charge >= 0.3 is 0 Å². The van der Waals surface area contributed by atoms with Crippen LogP contribution in [0.4, 0.5) is 0 Å². The molecule has 0 aliphatic carbocycles. The largest absolute Gasteiger partial charge is 0.383 e. The smallest absolute Gasteiger partial charge is 0.0934 e. The van der Waals surface area contributed by atoms with E-state index in [9.17, 15) is 0 Å². The molecule has 0 aromatic carbocycles. The van der Waals surface area contributed by atoms with Crippen molar-refractivity contribution in [1.29, 1.82) is 0 Å². The van der Waals surface area contributed by atoms with E-state index in [0.717, 1.165) is 26.1 Å². The summed E-state index contributed by atoms with van der Waals surface area (Å²) < 4.78 is 5.04. The number of rotatable bonds is 8. The van der Waals surface area contributed by atoms with Gasteiger partial charge in [0.15, 0.2) is 0 Å². The third kappa shape index (κ3) is 5.04. The lowest BCUT2D eigenvalue weighted by molar-refractivity contribution is 0.199. The number of ether oxygens (including phenoxy) is 1. The molecule has 0 aliphatic heterocycles. The predicted octanol–water partition coefficient (Wildman–Crippen LogP) is 3.20. The van der Waals surface area contributed by atoms with E-state index in [4.69, 9.17) is 9.72 Å². The van der Waals surface area contributed by atoms with Gasteiger partial charge in [-0.25, -0.2) is 4.98 Å². The summed E-state index contributed by atoms with van der Waals surface area (Å²) in [6.07, 6.45) is 1.09. The molecule has 0 saturated heterocycles. The van der Waals surface area contributed by atoms with Crippen molar-refractivity contribution in [3.8, 4) is 0 Å². The Kier molecular flexibility index (Phi) is 6.82. The van der Waals surface area contributed by atoms with E-state index in [1.165, 1.54) is 15.6 Å². The number of hydrogen-bond acceptors (Lipinski definition) is 4.